The fraction of sp³-hybridized carbons (Fsp3) is 0.480. The van der Waals surface area contributed by atoms with Crippen LogP contribution >= 0.6 is 23.5 Å². The Bertz CT molecular complexity index is 846. The Hall–Kier alpha value is -1.67. The van der Waals surface area contributed by atoms with Crippen LogP contribution < -0.4 is 10.1 Å². The number of carbonyl (C=O) groups is 1. The van der Waals surface area contributed by atoms with Crippen LogP contribution in [0.2, 0.25) is 0 Å². The second-order valence-corrected chi connectivity index (χ2v) is 11.2. The number of thioether (sulfide) groups is 2. The molecule has 4 rings (SSSR count). The van der Waals surface area contributed by atoms with Gasteiger partial charge in [-0.1, -0.05) is 36.4 Å². The zero-order valence-electron chi connectivity index (χ0n) is 18.8. The van der Waals surface area contributed by atoms with E-state index >= 15 is 0 Å². The molecule has 172 valence electrons. The molecule has 1 amide bonds. The van der Waals surface area contributed by atoms with Gasteiger partial charge in [0.05, 0.1) is 4.58 Å². The smallest absolute Gasteiger partial charge is 0.258 e. The van der Waals surface area contributed by atoms with E-state index in [1.165, 1.54) is 29.1 Å². The molecule has 0 bridgehead atoms. The van der Waals surface area contributed by atoms with Crippen molar-refractivity contribution >= 4 is 29.4 Å². The molecule has 2 saturated heterocycles. The Kier molecular flexibility index (Phi) is 8.79. The second-order valence-electron chi connectivity index (χ2n) is 8.46. The third kappa shape index (κ3) is 7.17. The van der Waals surface area contributed by atoms with Gasteiger partial charge >= 0.3 is 0 Å². The minimum atomic E-state index is -0.103. The Morgan fingerprint density at radius 2 is 1.62 bits per heavy atom. The Morgan fingerprint density at radius 3 is 2.31 bits per heavy atom. The topological polar surface area (TPSA) is 44.8 Å². The first kappa shape index (κ1) is 23.5. The summed E-state index contributed by atoms with van der Waals surface area (Å²) in [5.74, 6) is 3.10. The average Bonchev–Trinajstić information content (AvgIpc) is 2.84. The molecule has 2 heterocycles. The predicted molar refractivity (Wildman–Crippen MR) is 135 cm³/mol. The van der Waals surface area contributed by atoms with Crippen molar-refractivity contribution < 1.29 is 9.53 Å². The number of benzene rings is 2. The van der Waals surface area contributed by atoms with Crippen molar-refractivity contribution in [3.8, 4) is 5.75 Å². The highest BCUT2D eigenvalue weighted by atomic mass is 32.2. The first-order chi connectivity index (χ1) is 15.7. The minimum absolute atomic E-state index is 0.0355. The average molecular weight is 472 g/mol. The summed E-state index contributed by atoms with van der Waals surface area (Å²) >= 11 is 4.02. The van der Waals surface area contributed by atoms with E-state index in [-0.39, 0.29) is 12.5 Å². The normalized spacial score (nSPS) is 18.4. The summed E-state index contributed by atoms with van der Waals surface area (Å²) in [4.78, 5) is 17.1. The van der Waals surface area contributed by atoms with Gasteiger partial charge in [0.25, 0.3) is 5.91 Å². The van der Waals surface area contributed by atoms with Gasteiger partial charge in [0, 0.05) is 39.3 Å². The van der Waals surface area contributed by atoms with E-state index in [0.29, 0.717) is 11.1 Å². The largest absolute Gasteiger partial charge is 0.484 e. The first-order valence-electron chi connectivity index (χ1n) is 11.4. The standard InChI is InChI=1S/C25H33N3O2S2/c1-27-11-13-28(14-12-27)18-21-5-3-20(4-6-21)17-26-24(29)19-30-23-9-7-22(8-10-23)25-31-15-2-16-32-25/h3-10,25H,2,11-19H2,1H3,(H,26,29). The molecule has 0 unspecified atom stereocenters. The number of hydrogen-bond donors (Lipinski definition) is 1. The number of carbonyl (C=O) groups excluding carboxylic acids is 1. The zero-order valence-corrected chi connectivity index (χ0v) is 20.4. The highest BCUT2D eigenvalue weighted by Crippen LogP contribution is 2.43. The summed E-state index contributed by atoms with van der Waals surface area (Å²) in [5, 5.41) is 2.95. The molecule has 32 heavy (non-hydrogen) atoms. The summed E-state index contributed by atoms with van der Waals surface area (Å²) in [7, 11) is 2.18. The molecular formula is C25H33N3O2S2. The van der Waals surface area contributed by atoms with Crippen molar-refractivity contribution in [2.24, 2.45) is 0 Å². The third-order valence-electron chi connectivity index (χ3n) is 5.86. The molecule has 0 spiro atoms. The van der Waals surface area contributed by atoms with Crippen molar-refractivity contribution in [2.75, 3.05) is 51.3 Å². The second kappa shape index (κ2) is 12.0. The van der Waals surface area contributed by atoms with Crippen molar-refractivity contribution in [3.05, 3.63) is 65.2 Å². The molecule has 0 radical (unpaired) electrons. The van der Waals surface area contributed by atoms with Crippen LogP contribution in [0.4, 0.5) is 0 Å². The molecule has 2 aromatic carbocycles. The number of nitrogens with one attached hydrogen (secondary N) is 1. The maximum Gasteiger partial charge on any atom is 0.258 e. The van der Waals surface area contributed by atoms with Crippen LogP contribution in [0, 0.1) is 0 Å². The fourth-order valence-corrected chi connectivity index (χ4v) is 6.72. The summed E-state index contributed by atoms with van der Waals surface area (Å²) in [5.41, 5.74) is 3.75. The lowest BCUT2D eigenvalue weighted by Crippen LogP contribution is -2.43. The lowest BCUT2D eigenvalue weighted by atomic mass is 10.1. The molecule has 5 nitrogen and oxygen atoms in total. The molecule has 7 heteroatoms. The van der Waals surface area contributed by atoms with Crippen LogP contribution in [0.1, 0.15) is 27.7 Å². The molecule has 1 N–H and O–H groups in total. The van der Waals surface area contributed by atoms with Gasteiger partial charge < -0.3 is 15.0 Å². The quantitative estimate of drug-likeness (QED) is 0.628. The van der Waals surface area contributed by atoms with E-state index in [4.69, 9.17) is 4.74 Å². The fourth-order valence-electron chi connectivity index (χ4n) is 3.83. The van der Waals surface area contributed by atoms with E-state index in [2.05, 4.69) is 58.6 Å². The number of amides is 1. The highest BCUT2D eigenvalue weighted by molar-refractivity contribution is 8.16. The molecule has 0 atom stereocenters. The van der Waals surface area contributed by atoms with Crippen LogP contribution in [0.15, 0.2) is 48.5 Å². The Balaban J connectivity index is 1.16. The van der Waals surface area contributed by atoms with Crippen molar-refractivity contribution in [1.82, 2.24) is 15.1 Å². The summed E-state index contributed by atoms with van der Waals surface area (Å²) in [6, 6.07) is 16.7. The van der Waals surface area contributed by atoms with Gasteiger partial charge in [-0.25, -0.2) is 0 Å². The van der Waals surface area contributed by atoms with Gasteiger partial charge in [0.1, 0.15) is 5.75 Å². The molecule has 2 fully saturated rings. The molecule has 0 saturated carbocycles. The number of ether oxygens (including phenoxy) is 1. The van der Waals surface area contributed by atoms with Gasteiger partial charge in [0.15, 0.2) is 6.61 Å². The van der Waals surface area contributed by atoms with E-state index in [9.17, 15) is 4.79 Å². The number of hydrogen-bond acceptors (Lipinski definition) is 6. The zero-order chi connectivity index (χ0) is 22.2. The molecule has 0 aromatic heterocycles. The number of likely N-dealkylation sites (N-methyl/N-ethyl adjacent to an activating group) is 1. The van der Waals surface area contributed by atoms with Crippen LogP contribution in [0.3, 0.4) is 0 Å². The Labute approximate surface area is 200 Å². The van der Waals surface area contributed by atoms with Gasteiger partial charge in [-0.05, 0) is 53.8 Å². The van der Waals surface area contributed by atoms with Crippen LogP contribution in [-0.4, -0.2) is 67.0 Å². The van der Waals surface area contributed by atoms with Crippen LogP contribution in [0.5, 0.6) is 5.75 Å². The van der Waals surface area contributed by atoms with Crippen LogP contribution in [-0.2, 0) is 17.9 Å². The summed E-state index contributed by atoms with van der Waals surface area (Å²) in [6.07, 6.45) is 1.29. The Morgan fingerprint density at radius 1 is 0.969 bits per heavy atom. The number of rotatable bonds is 8. The highest BCUT2D eigenvalue weighted by Gasteiger charge is 2.16. The molecular weight excluding hydrogens is 438 g/mol. The molecule has 0 aliphatic carbocycles. The number of piperazine rings is 1. The maximum absolute atomic E-state index is 12.2. The number of nitrogens with zero attached hydrogens (tertiary/aromatic N) is 2. The van der Waals surface area contributed by atoms with Gasteiger partial charge in [-0.2, -0.15) is 0 Å². The van der Waals surface area contributed by atoms with E-state index < -0.39 is 0 Å². The molecule has 2 aliphatic heterocycles. The lowest BCUT2D eigenvalue weighted by molar-refractivity contribution is -0.123. The SMILES string of the molecule is CN1CCN(Cc2ccc(CNC(=O)COc3ccc(C4SCCCS4)cc3)cc2)CC1. The van der Waals surface area contributed by atoms with Gasteiger partial charge in [0.2, 0.25) is 0 Å². The van der Waals surface area contributed by atoms with E-state index in [1.807, 2.05) is 35.7 Å². The third-order valence-corrected chi connectivity index (χ3v) is 8.88. The van der Waals surface area contributed by atoms with E-state index in [1.54, 1.807) is 0 Å². The summed E-state index contributed by atoms with van der Waals surface area (Å²) in [6.45, 7) is 6.06. The van der Waals surface area contributed by atoms with Crippen LogP contribution in [0.25, 0.3) is 0 Å². The maximum atomic E-state index is 12.2. The predicted octanol–water partition coefficient (Wildman–Crippen LogP) is 4.00. The van der Waals surface area contributed by atoms with Gasteiger partial charge in [-0.3, -0.25) is 9.69 Å². The van der Waals surface area contributed by atoms with Gasteiger partial charge in [-0.15, -0.1) is 23.5 Å². The minimum Gasteiger partial charge on any atom is -0.484 e. The van der Waals surface area contributed by atoms with Crippen molar-refractivity contribution in [2.45, 2.75) is 24.1 Å². The van der Waals surface area contributed by atoms with Crippen molar-refractivity contribution in [1.29, 1.82) is 0 Å². The van der Waals surface area contributed by atoms with E-state index in [0.717, 1.165) is 44.0 Å². The molecule has 2 aliphatic rings. The lowest BCUT2D eigenvalue weighted by Gasteiger charge is -2.32. The van der Waals surface area contributed by atoms with Crippen molar-refractivity contribution in [3.63, 3.8) is 0 Å². The summed E-state index contributed by atoms with van der Waals surface area (Å²) < 4.78 is 6.20. The molecule has 2 aromatic rings. The first-order valence-corrected chi connectivity index (χ1v) is 13.5. The monoisotopic (exact) mass is 471 g/mol.